The van der Waals surface area contributed by atoms with Gasteiger partial charge in [-0.25, -0.2) is 0 Å². The average molecular weight is 291 g/mol. The molecular formula is C15H21N3O3. The quantitative estimate of drug-likeness (QED) is 0.809. The van der Waals surface area contributed by atoms with Gasteiger partial charge in [-0.2, -0.15) is 0 Å². The molecular weight excluding hydrogens is 270 g/mol. The number of anilines is 1. The number of benzene rings is 1. The molecule has 0 bridgehead atoms. The van der Waals surface area contributed by atoms with Crippen molar-refractivity contribution in [3.63, 3.8) is 0 Å². The molecule has 1 atom stereocenters. The molecule has 1 fully saturated rings. The lowest BCUT2D eigenvalue weighted by atomic mass is 9.89. The molecule has 0 aliphatic carbocycles. The Morgan fingerprint density at radius 3 is 2.67 bits per heavy atom. The van der Waals surface area contributed by atoms with Gasteiger partial charge in [0.1, 0.15) is 5.75 Å². The van der Waals surface area contributed by atoms with Crippen molar-refractivity contribution in [2.45, 2.75) is 20.3 Å². The van der Waals surface area contributed by atoms with Crippen LogP contribution in [0.2, 0.25) is 0 Å². The number of nitrogens with zero attached hydrogens (tertiary/aromatic N) is 1. The van der Waals surface area contributed by atoms with Crippen LogP contribution in [0.15, 0.2) is 18.2 Å². The third kappa shape index (κ3) is 2.94. The molecule has 21 heavy (non-hydrogen) atoms. The molecule has 1 aromatic carbocycles. The third-order valence-corrected chi connectivity index (χ3v) is 3.91. The summed E-state index contributed by atoms with van der Waals surface area (Å²) in [6.07, 6.45) is 0.584. The van der Waals surface area contributed by atoms with Gasteiger partial charge >= 0.3 is 0 Å². The molecule has 4 N–H and O–H groups in total. The summed E-state index contributed by atoms with van der Waals surface area (Å²) in [5, 5.41) is 0. The number of rotatable bonds is 4. The fraction of sp³-hybridized carbons (Fsp3) is 0.467. The Hall–Kier alpha value is -2.24. The van der Waals surface area contributed by atoms with Crippen molar-refractivity contribution >= 4 is 17.5 Å². The Labute approximate surface area is 124 Å². The predicted octanol–water partition coefficient (Wildman–Crippen LogP) is 1.00. The minimum Gasteiger partial charge on any atom is -0.492 e. The molecule has 1 aliphatic rings. The van der Waals surface area contributed by atoms with Crippen LogP contribution in [0.3, 0.4) is 0 Å². The highest BCUT2D eigenvalue weighted by atomic mass is 16.5. The monoisotopic (exact) mass is 291 g/mol. The van der Waals surface area contributed by atoms with Crippen LogP contribution < -0.4 is 16.2 Å². The Bertz CT molecular complexity index is 573. The van der Waals surface area contributed by atoms with E-state index in [1.54, 1.807) is 30.0 Å². The van der Waals surface area contributed by atoms with Crippen LogP contribution in [-0.2, 0) is 4.79 Å². The van der Waals surface area contributed by atoms with Gasteiger partial charge in [-0.05, 0) is 38.5 Å². The number of carbonyl (C=O) groups is 2. The first-order valence-corrected chi connectivity index (χ1v) is 6.99. The lowest BCUT2D eigenvalue weighted by Gasteiger charge is -2.21. The zero-order valence-corrected chi connectivity index (χ0v) is 12.4. The number of hydrogen-bond donors (Lipinski definition) is 2. The van der Waals surface area contributed by atoms with Gasteiger partial charge in [0.05, 0.1) is 17.7 Å². The third-order valence-electron chi connectivity index (χ3n) is 3.91. The minimum absolute atomic E-state index is 0.144. The van der Waals surface area contributed by atoms with E-state index < -0.39 is 5.41 Å². The maximum Gasteiger partial charge on any atom is 0.253 e. The molecule has 2 amide bonds. The van der Waals surface area contributed by atoms with Gasteiger partial charge in [0.25, 0.3) is 5.91 Å². The fourth-order valence-corrected chi connectivity index (χ4v) is 2.49. The highest BCUT2D eigenvalue weighted by Gasteiger charge is 2.40. The topological polar surface area (TPSA) is 98.6 Å². The van der Waals surface area contributed by atoms with E-state index in [4.69, 9.17) is 16.2 Å². The standard InChI is InChI=1S/C15H21N3O3/c1-3-21-12-5-4-10(8-11(12)16)13(19)18-7-6-15(2,9-18)14(17)20/h4-5,8H,3,6-7,9,16H2,1-2H3,(H2,17,20). The summed E-state index contributed by atoms with van der Waals surface area (Å²) in [4.78, 5) is 25.5. The van der Waals surface area contributed by atoms with Crippen molar-refractivity contribution in [2.24, 2.45) is 11.1 Å². The molecule has 0 aromatic heterocycles. The summed E-state index contributed by atoms with van der Waals surface area (Å²) in [5.74, 6) is 0.0520. The summed E-state index contributed by atoms with van der Waals surface area (Å²) in [6.45, 7) is 5.03. The van der Waals surface area contributed by atoms with Crippen molar-refractivity contribution in [2.75, 3.05) is 25.4 Å². The first kappa shape index (κ1) is 15.2. The summed E-state index contributed by atoms with van der Waals surface area (Å²) in [6, 6.07) is 4.98. The SMILES string of the molecule is CCOc1ccc(C(=O)N2CCC(C)(C(N)=O)C2)cc1N. The van der Waals surface area contributed by atoms with E-state index in [9.17, 15) is 9.59 Å². The van der Waals surface area contributed by atoms with Gasteiger partial charge in [0, 0.05) is 18.7 Å². The van der Waals surface area contributed by atoms with Gasteiger partial charge in [-0.15, -0.1) is 0 Å². The lowest BCUT2D eigenvalue weighted by Crippen LogP contribution is -2.38. The van der Waals surface area contributed by atoms with Gasteiger partial charge in [-0.1, -0.05) is 0 Å². The first-order valence-electron chi connectivity index (χ1n) is 6.99. The van der Waals surface area contributed by atoms with E-state index in [0.29, 0.717) is 43.1 Å². The van der Waals surface area contributed by atoms with Crippen LogP contribution >= 0.6 is 0 Å². The molecule has 0 saturated carbocycles. The second-order valence-corrected chi connectivity index (χ2v) is 5.59. The van der Waals surface area contributed by atoms with E-state index in [-0.39, 0.29) is 11.8 Å². The number of amides is 2. The van der Waals surface area contributed by atoms with E-state index in [1.165, 1.54) is 0 Å². The Morgan fingerprint density at radius 2 is 2.14 bits per heavy atom. The van der Waals surface area contributed by atoms with E-state index in [0.717, 1.165) is 0 Å². The highest BCUT2D eigenvalue weighted by molar-refractivity contribution is 5.96. The smallest absolute Gasteiger partial charge is 0.253 e. The van der Waals surface area contributed by atoms with Gasteiger partial charge < -0.3 is 21.1 Å². The number of hydrogen-bond acceptors (Lipinski definition) is 4. The van der Waals surface area contributed by atoms with Crippen molar-refractivity contribution < 1.29 is 14.3 Å². The molecule has 1 heterocycles. The molecule has 1 saturated heterocycles. The average Bonchev–Trinajstić information content (AvgIpc) is 2.84. The first-order chi connectivity index (χ1) is 9.87. The zero-order valence-electron chi connectivity index (χ0n) is 12.4. The van der Waals surface area contributed by atoms with Crippen LogP contribution in [0, 0.1) is 5.41 Å². The molecule has 1 aliphatic heterocycles. The van der Waals surface area contributed by atoms with Crippen LogP contribution in [0.5, 0.6) is 5.75 Å². The largest absolute Gasteiger partial charge is 0.492 e. The highest BCUT2D eigenvalue weighted by Crippen LogP contribution is 2.31. The molecule has 1 aromatic rings. The fourth-order valence-electron chi connectivity index (χ4n) is 2.49. The summed E-state index contributed by atoms with van der Waals surface area (Å²) >= 11 is 0. The normalized spacial score (nSPS) is 21.3. The van der Waals surface area contributed by atoms with Crippen LogP contribution in [-0.4, -0.2) is 36.4 Å². The number of nitrogens with two attached hydrogens (primary N) is 2. The van der Waals surface area contributed by atoms with Crippen molar-refractivity contribution in [3.05, 3.63) is 23.8 Å². The van der Waals surface area contributed by atoms with Crippen LogP contribution in [0.1, 0.15) is 30.6 Å². The summed E-state index contributed by atoms with van der Waals surface area (Å²) < 4.78 is 5.35. The second-order valence-electron chi connectivity index (χ2n) is 5.59. The number of nitrogen functional groups attached to an aromatic ring is 1. The lowest BCUT2D eigenvalue weighted by molar-refractivity contribution is -0.126. The predicted molar refractivity (Wildman–Crippen MR) is 79.8 cm³/mol. The van der Waals surface area contributed by atoms with Crippen molar-refractivity contribution in [3.8, 4) is 5.75 Å². The van der Waals surface area contributed by atoms with E-state index >= 15 is 0 Å². The van der Waals surface area contributed by atoms with Crippen molar-refractivity contribution in [1.29, 1.82) is 0 Å². The molecule has 0 radical (unpaired) electrons. The van der Waals surface area contributed by atoms with E-state index in [1.807, 2.05) is 6.92 Å². The molecule has 6 heteroatoms. The Kier molecular flexibility index (Phi) is 4.06. The van der Waals surface area contributed by atoms with Crippen LogP contribution in [0.25, 0.3) is 0 Å². The molecule has 6 nitrogen and oxygen atoms in total. The zero-order chi connectivity index (χ0) is 15.6. The van der Waals surface area contributed by atoms with Gasteiger partial charge in [-0.3, -0.25) is 9.59 Å². The molecule has 2 rings (SSSR count). The van der Waals surface area contributed by atoms with E-state index in [2.05, 4.69) is 0 Å². The molecule has 114 valence electrons. The van der Waals surface area contributed by atoms with Crippen LogP contribution in [0.4, 0.5) is 5.69 Å². The summed E-state index contributed by atoms with van der Waals surface area (Å²) in [7, 11) is 0. The maximum absolute atomic E-state index is 12.5. The molecule has 0 spiro atoms. The Morgan fingerprint density at radius 1 is 1.43 bits per heavy atom. The van der Waals surface area contributed by atoms with Crippen molar-refractivity contribution in [1.82, 2.24) is 4.90 Å². The second kappa shape index (κ2) is 5.63. The van der Waals surface area contributed by atoms with Gasteiger partial charge in [0.15, 0.2) is 0 Å². The maximum atomic E-state index is 12.5. The summed E-state index contributed by atoms with van der Waals surface area (Å²) in [5.41, 5.74) is 11.5. The molecule has 1 unspecified atom stereocenters. The number of carbonyl (C=O) groups excluding carboxylic acids is 2. The Balaban J connectivity index is 2.15. The minimum atomic E-state index is -0.646. The number of ether oxygens (including phenoxy) is 1. The number of primary amides is 1. The number of likely N-dealkylation sites (tertiary alicyclic amines) is 1. The van der Waals surface area contributed by atoms with Gasteiger partial charge in [0.2, 0.25) is 5.91 Å².